The van der Waals surface area contributed by atoms with Crippen molar-refractivity contribution in [3.63, 3.8) is 0 Å². The smallest absolute Gasteiger partial charge is 0.124 e. The van der Waals surface area contributed by atoms with E-state index in [2.05, 4.69) is 9.98 Å². The first-order valence-corrected chi connectivity index (χ1v) is 11.6. The van der Waals surface area contributed by atoms with Gasteiger partial charge in [-0.1, -0.05) is 78.9 Å². The van der Waals surface area contributed by atoms with Gasteiger partial charge in [0.1, 0.15) is 11.5 Å². The SMILES string of the molecule is Oc1ccc(-c2ccccc2)cc1C=Nc1cccc(N=Cc2cc(-c3ccccc3)ccc2O)c1. The lowest BCUT2D eigenvalue weighted by Gasteiger charge is -2.05. The molecule has 5 rings (SSSR count). The summed E-state index contributed by atoms with van der Waals surface area (Å²) in [7, 11) is 0. The number of rotatable bonds is 6. The van der Waals surface area contributed by atoms with Gasteiger partial charge < -0.3 is 10.2 Å². The molecule has 36 heavy (non-hydrogen) atoms. The summed E-state index contributed by atoms with van der Waals surface area (Å²) in [6.07, 6.45) is 3.31. The third-order valence-corrected chi connectivity index (χ3v) is 5.80. The quantitative estimate of drug-likeness (QED) is 0.249. The van der Waals surface area contributed by atoms with E-state index in [4.69, 9.17) is 0 Å². The molecule has 0 unspecified atom stereocenters. The highest BCUT2D eigenvalue weighted by Gasteiger charge is 2.04. The zero-order valence-electron chi connectivity index (χ0n) is 19.5. The van der Waals surface area contributed by atoms with Crippen LogP contribution in [0.15, 0.2) is 131 Å². The van der Waals surface area contributed by atoms with E-state index in [1.807, 2.05) is 109 Å². The van der Waals surface area contributed by atoms with Gasteiger partial charge >= 0.3 is 0 Å². The minimum Gasteiger partial charge on any atom is -0.507 e. The molecule has 174 valence electrons. The van der Waals surface area contributed by atoms with E-state index in [9.17, 15) is 10.2 Å². The maximum absolute atomic E-state index is 10.3. The van der Waals surface area contributed by atoms with Crippen LogP contribution in [0, 0.1) is 0 Å². The molecular formula is C32H24N2O2. The highest BCUT2D eigenvalue weighted by atomic mass is 16.3. The summed E-state index contributed by atoms with van der Waals surface area (Å²) in [6.45, 7) is 0. The van der Waals surface area contributed by atoms with Crippen molar-refractivity contribution in [1.29, 1.82) is 0 Å². The molecule has 0 saturated heterocycles. The fraction of sp³-hybridized carbons (Fsp3) is 0. The summed E-state index contributed by atoms with van der Waals surface area (Å²) in [5, 5.41) is 20.6. The van der Waals surface area contributed by atoms with Gasteiger partial charge in [0.2, 0.25) is 0 Å². The average molecular weight is 469 g/mol. The second-order valence-electron chi connectivity index (χ2n) is 8.32. The number of aliphatic imine (C=N–C) groups is 2. The van der Waals surface area contributed by atoms with Crippen molar-refractivity contribution in [2.75, 3.05) is 0 Å². The van der Waals surface area contributed by atoms with Gasteiger partial charge in [0.05, 0.1) is 11.4 Å². The summed E-state index contributed by atoms with van der Waals surface area (Å²) in [6, 6.07) is 38.5. The van der Waals surface area contributed by atoms with Crippen molar-refractivity contribution < 1.29 is 10.2 Å². The normalized spacial score (nSPS) is 11.3. The van der Waals surface area contributed by atoms with E-state index in [0.29, 0.717) is 22.5 Å². The molecule has 0 aliphatic heterocycles. The third kappa shape index (κ3) is 5.40. The Morgan fingerprint density at radius 2 is 0.861 bits per heavy atom. The van der Waals surface area contributed by atoms with E-state index < -0.39 is 0 Å². The highest BCUT2D eigenvalue weighted by Crippen LogP contribution is 2.28. The fourth-order valence-electron chi connectivity index (χ4n) is 3.88. The van der Waals surface area contributed by atoms with Crippen LogP contribution in [0.5, 0.6) is 11.5 Å². The summed E-state index contributed by atoms with van der Waals surface area (Å²) in [5.41, 5.74) is 6.83. The Balaban J connectivity index is 1.37. The molecule has 0 fully saturated rings. The van der Waals surface area contributed by atoms with Gasteiger partial charge in [0, 0.05) is 23.6 Å². The van der Waals surface area contributed by atoms with Gasteiger partial charge in [0.25, 0.3) is 0 Å². The molecule has 0 spiro atoms. The predicted molar refractivity (Wildman–Crippen MR) is 148 cm³/mol. The first-order chi connectivity index (χ1) is 17.7. The summed E-state index contributed by atoms with van der Waals surface area (Å²) >= 11 is 0. The Bertz CT molecular complexity index is 1430. The van der Waals surface area contributed by atoms with Crippen LogP contribution in [0.3, 0.4) is 0 Å². The summed E-state index contributed by atoms with van der Waals surface area (Å²) < 4.78 is 0. The molecule has 4 heteroatoms. The zero-order valence-corrected chi connectivity index (χ0v) is 19.5. The average Bonchev–Trinajstić information content (AvgIpc) is 2.93. The molecule has 0 aliphatic carbocycles. The van der Waals surface area contributed by atoms with Crippen molar-refractivity contribution >= 4 is 23.8 Å². The first-order valence-electron chi connectivity index (χ1n) is 11.6. The highest BCUT2D eigenvalue weighted by molar-refractivity contribution is 5.89. The van der Waals surface area contributed by atoms with Crippen molar-refractivity contribution in [2.45, 2.75) is 0 Å². The Morgan fingerprint density at radius 1 is 0.417 bits per heavy atom. The van der Waals surface area contributed by atoms with E-state index in [1.165, 1.54) is 0 Å². The van der Waals surface area contributed by atoms with Gasteiger partial charge in [0.15, 0.2) is 0 Å². The minimum atomic E-state index is 0.168. The third-order valence-electron chi connectivity index (χ3n) is 5.80. The maximum Gasteiger partial charge on any atom is 0.124 e. The lowest BCUT2D eigenvalue weighted by atomic mass is 10.0. The van der Waals surface area contributed by atoms with E-state index in [-0.39, 0.29) is 11.5 Å². The van der Waals surface area contributed by atoms with E-state index in [1.54, 1.807) is 24.6 Å². The van der Waals surface area contributed by atoms with Crippen LogP contribution in [0.1, 0.15) is 11.1 Å². The van der Waals surface area contributed by atoms with Gasteiger partial charge in [-0.3, -0.25) is 9.98 Å². The Kier molecular flexibility index (Phi) is 6.68. The van der Waals surface area contributed by atoms with Gasteiger partial charge in [-0.15, -0.1) is 0 Å². The number of phenolic OH excluding ortho intramolecular Hbond substituents is 2. The molecule has 0 bridgehead atoms. The minimum absolute atomic E-state index is 0.168. The molecule has 0 atom stereocenters. The Labute approximate surface area is 210 Å². The number of phenols is 2. The Morgan fingerprint density at radius 3 is 1.31 bits per heavy atom. The molecule has 5 aromatic carbocycles. The molecule has 5 aromatic rings. The standard InChI is InChI=1S/C32H24N2O2/c35-31-16-14-25(23-8-3-1-4-9-23)18-27(31)21-33-29-12-7-13-30(20-29)34-22-28-19-26(15-17-32(28)36)24-10-5-2-6-11-24/h1-22,35-36H. The van der Waals surface area contributed by atoms with Crippen molar-refractivity contribution in [2.24, 2.45) is 9.98 Å². The molecule has 0 amide bonds. The number of hydrogen-bond donors (Lipinski definition) is 2. The van der Waals surface area contributed by atoms with Crippen LogP contribution >= 0.6 is 0 Å². The molecule has 0 saturated carbocycles. The summed E-state index contributed by atoms with van der Waals surface area (Å²) in [4.78, 5) is 9.10. The topological polar surface area (TPSA) is 65.2 Å². The van der Waals surface area contributed by atoms with Crippen LogP contribution in [-0.4, -0.2) is 22.6 Å². The first kappa shape index (κ1) is 22.8. The number of aromatic hydroxyl groups is 2. The van der Waals surface area contributed by atoms with Crippen molar-refractivity contribution in [1.82, 2.24) is 0 Å². The predicted octanol–water partition coefficient (Wildman–Crippen LogP) is 7.93. The lowest BCUT2D eigenvalue weighted by molar-refractivity contribution is 0.474. The molecule has 0 aliphatic rings. The second kappa shape index (κ2) is 10.5. The second-order valence-corrected chi connectivity index (χ2v) is 8.32. The largest absolute Gasteiger partial charge is 0.507 e. The van der Waals surface area contributed by atoms with Crippen LogP contribution in [0.25, 0.3) is 22.3 Å². The van der Waals surface area contributed by atoms with Gasteiger partial charge in [-0.05, 0) is 64.7 Å². The molecule has 0 heterocycles. The Hall–Kier alpha value is -4.96. The van der Waals surface area contributed by atoms with Crippen LogP contribution < -0.4 is 0 Å². The number of benzene rings is 5. The number of hydrogen-bond acceptors (Lipinski definition) is 4. The van der Waals surface area contributed by atoms with Crippen molar-refractivity contribution in [3.05, 3.63) is 132 Å². The van der Waals surface area contributed by atoms with E-state index >= 15 is 0 Å². The van der Waals surface area contributed by atoms with Gasteiger partial charge in [-0.25, -0.2) is 0 Å². The summed E-state index contributed by atoms with van der Waals surface area (Å²) in [5.74, 6) is 0.336. The van der Waals surface area contributed by atoms with E-state index in [0.717, 1.165) is 22.3 Å². The molecular weight excluding hydrogens is 444 g/mol. The van der Waals surface area contributed by atoms with Crippen LogP contribution in [-0.2, 0) is 0 Å². The maximum atomic E-state index is 10.3. The monoisotopic (exact) mass is 468 g/mol. The van der Waals surface area contributed by atoms with Crippen molar-refractivity contribution in [3.8, 4) is 33.8 Å². The molecule has 2 N–H and O–H groups in total. The van der Waals surface area contributed by atoms with Crippen LogP contribution in [0.4, 0.5) is 11.4 Å². The lowest BCUT2D eigenvalue weighted by Crippen LogP contribution is -1.86. The number of nitrogens with zero attached hydrogens (tertiary/aromatic N) is 2. The molecule has 0 radical (unpaired) electrons. The fourth-order valence-corrected chi connectivity index (χ4v) is 3.88. The van der Waals surface area contributed by atoms with Gasteiger partial charge in [-0.2, -0.15) is 0 Å². The molecule has 0 aromatic heterocycles. The molecule has 4 nitrogen and oxygen atoms in total. The van der Waals surface area contributed by atoms with Crippen LogP contribution in [0.2, 0.25) is 0 Å². The zero-order chi connectivity index (χ0) is 24.7.